The molecule has 0 saturated carbocycles. The van der Waals surface area contributed by atoms with Crippen molar-refractivity contribution in [1.82, 2.24) is 4.72 Å². The lowest BCUT2D eigenvalue weighted by molar-refractivity contribution is -0.387. The van der Waals surface area contributed by atoms with Crippen molar-refractivity contribution in [2.45, 2.75) is 18.2 Å². The molecular weight excluding hydrogens is 258 g/mol. The Morgan fingerprint density at radius 3 is 2.67 bits per heavy atom. The summed E-state index contributed by atoms with van der Waals surface area (Å²) in [5.41, 5.74) is 5.18. The summed E-state index contributed by atoms with van der Waals surface area (Å²) in [5, 5.41) is 10.8. The average molecular weight is 273 g/mol. The second-order valence-electron chi connectivity index (χ2n) is 3.72. The number of sulfonamides is 1. The quantitative estimate of drug-likeness (QED) is 0.445. The number of hydrogen-bond acceptors (Lipinski definition) is 5. The van der Waals surface area contributed by atoms with E-state index in [9.17, 15) is 18.5 Å². The third-order valence-electron chi connectivity index (χ3n) is 2.33. The maximum Gasteiger partial charge on any atom is 0.289 e. The van der Waals surface area contributed by atoms with Gasteiger partial charge in [-0.15, -0.1) is 0 Å². The number of nitrogens with one attached hydrogen (secondary N) is 1. The highest BCUT2D eigenvalue weighted by atomic mass is 32.2. The number of nitro groups is 1. The first-order chi connectivity index (χ1) is 8.40. The zero-order chi connectivity index (χ0) is 13.8. The molecule has 0 radical (unpaired) electrons. The molecule has 1 rings (SSSR count). The summed E-state index contributed by atoms with van der Waals surface area (Å²) in [6.45, 7) is 2.02. The number of nitrogens with two attached hydrogens (primary N) is 1. The molecule has 0 aliphatic rings. The fourth-order valence-corrected chi connectivity index (χ4v) is 2.98. The maximum absolute atomic E-state index is 12.0. The van der Waals surface area contributed by atoms with Gasteiger partial charge < -0.3 is 5.73 Å². The highest BCUT2D eigenvalue weighted by Gasteiger charge is 2.27. The number of aryl methyl sites for hydroxylation is 1. The molecule has 0 spiro atoms. The second kappa shape index (κ2) is 5.89. The minimum atomic E-state index is -3.89. The van der Waals surface area contributed by atoms with E-state index in [-0.39, 0.29) is 11.4 Å². The van der Waals surface area contributed by atoms with Crippen LogP contribution in [0.4, 0.5) is 5.69 Å². The van der Waals surface area contributed by atoms with E-state index in [1.807, 2.05) is 0 Å². The van der Waals surface area contributed by atoms with Crippen molar-refractivity contribution in [1.29, 1.82) is 0 Å². The van der Waals surface area contributed by atoms with Gasteiger partial charge in [0.15, 0.2) is 4.90 Å². The highest BCUT2D eigenvalue weighted by Crippen LogP contribution is 2.26. The van der Waals surface area contributed by atoms with Gasteiger partial charge in [0.2, 0.25) is 10.0 Å². The molecule has 1 aromatic rings. The van der Waals surface area contributed by atoms with E-state index in [0.29, 0.717) is 18.5 Å². The van der Waals surface area contributed by atoms with Crippen molar-refractivity contribution in [2.75, 3.05) is 13.1 Å². The third kappa shape index (κ3) is 3.25. The number of rotatable bonds is 6. The fraction of sp³-hybridized carbons (Fsp3) is 0.400. The summed E-state index contributed by atoms with van der Waals surface area (Å²) in [5.74, 6) is 0. The molecule has 0 bridgehead atoms. The van der Waals surface area contributed by atoms with Gasteiger partial charge in [0.25, 0.3) is 5.69 Å². The van der Waals surface area contributed by atoms with Crippen LogP contribution in [0.15, 0.2) is 23.1 Å². The van der Waals surface area contributed by atoms with Gasteiger partial charge in [0, 0.05) is 12.6 Å². The molecule has 100 valence electrons. The third-order valence-corrected chi connectivity index (χ3v) is 3.98. The molecule has 0 aromatic heterocycles. The first kappa shape index (κ1) is 14.6. The average Bonchev–Trinajstić information content (AvgIpc) is 2.28. The van der Waals surface area contributed by atoms with Gasteiger partial charge in [-0.25, -0.2) is 13.1 Å². The van der Waals surface area contributed by atoms with Crippen LogP contribution in [0.5, 0.6) is 0 Å². The van der Waals surface area contributed by atoms with E-state index in [1.54, 1.807) is 0 Å². The van der Waals surface area contributed by atoms with E-state index in [2.05, 4.69) is 4.72 Å². The van der Waals surface area contributed by atoms with Gasteiger partial charge >= 0.3 is 0 Å². The molecule has 3 N–H and O–H groups in total. The Morgan fingerprint density at radius 1 is 1.44 bits per heavy atom. The fourth-order valence-electron chi connectivity index (χ4n) is 1.51. The topological polar surface area (TPSA) is 115 Å². The molecule has 7 nitrogen and oxygen atoms in total. The van der Waals surface area contributed by atoms with Gasteiger partial charge in [-0.05, 0) is 25.5 Å². The van der Waals surface area contributed by atoms with Crippen LogP contribution in [0.25, 0.3) is 0 Å². The summed E-state index contributed by atoms with van der Waals surface area (Å²) >= 11 is 0. The normalized spacial score (nSPS) is 11.4. The molecule has 0 saturated heterocycles. The van der Waals surface area contributed by atoms with E-state index in [4.69, 9.17) is 5.73 Å². The van der Waals surface area contributed by atoms with Crippen molar-refractivity contribution in [2.24, 2.45) is 5.73 Å². The van der Waals surface area contributed by atoms with E-state index < -0.39 is 20.6 Å². The number of hydrogen-bond donors (Lipinski definition) is 2. The first-order valence-electron chi connectivity index (χ1n) is 5.34. The molecule has 18 heavy (non-hydrogen) atoms. The summed E-state index contributed by atoms with van der Waals surface area (Å²) < 4.78 is 26.3. The Morgan fingerprint density at radius 2 is 2.11 bits per heavy atom. The lowest BCUT2D eigenvalue weighted by Gasteiger charge is -2.09. The largest absolute Gasteiger partial charge is 0.330 e. The van der Waals surface area contributed by atoms with E-state index >= 15 is 0 Å². The first-order valence-corrected chi connectivity index (χ1v) is 6.82. The Kier molecular flexibility index (Phi) is 4.76. The van der Waals surface area contributed by atoms with Crippen molar-refractivity contribution >= 4 is 15.7 Å². The summed E-state index contributed by atoms with van der Waals surface area (Å²) in [4.78, 5) is 9.85. The summed E-state index contributed by atoms with van der Waals surface area (Å²) in [6, 6.07) is 4.14. The molecule has 0 fully saturated rings. The number of nitrogens with zero attached hydrogens (tertiary/aromatic N) is 1. The van der Waals surface area contributed by atoms with Gasteiger partial charge in [0.1, 0.15) is 0 Å². The molecular formula is C10H15N3O4S. The Balaban J connectivity index is 3.19. The summed E-state index contributed by atoms with van der Waals surface area (Å²) in [7, 11) is -3.89. The zero-order valence-electron chi connectivity index (χ0n) is 9.92. The van der Waals surface area contributed by atoms with Crippen LogP contribution in [0.1, 0.15) is 12.0 Å². The smallest absolute Gasteiger partial charge is 0.289 e. The summed E-state index contributed by atoms with van der Waals surface area (Å²) in [6.07, 6.45) is 0.471. The Hall–Kier alpha value is -1.51. The van der Waals surface area contributed by atoms with Gasteiger partial charge in [-0.2, -0.15) is 0 Å². The van der Waals surface area contributed by atoms with Crippen molar-refractivity contribution in [3.63, 3.8) is 0 Å². The van der Waals surface area contributed by atoms with Crippen molar-refractivity contribution in [3.8, 4) is 0 Å². The lowest BCUT2D eigenvalue weighted by Crippen LogP contribution is -2.27. The predicted molar refractivity (Wildman–Crippen MR) is 66.7 cm³/mol. The number of nitro benzene ring substituents is 1. The maximum atomic E-state index is 12.0. The molecule has 8 heteroatoms. The van der Waals surface area contributed by atoms with Crippen molar-refractivity contribution < 1.29 is 13.3 Å². The molecule has 0 aliphatic heterocycles. The van der Waals surface area contributed by atoms with E-state index in [1.165, 1.54) is 25.1 Å². The molecule has 0 unspecified atom stereocenters. The van der Waals surface area contributed by atoms with Crippen LogP contribution in [0.2, 0.25) is 0 Å². The highest BCUT2D eigenvalue weighted by molar-refractivity contribution is 7.89. The Labute approximate surface area is 105 Å². The van der Waals surface area contributed by atoms with Gasteiger partial charge in [0.05, 0.1) is 4.92 Å². The molecule has 0 atom stereocenters. The van der Waals surface area contributed by atoms with Crippen LogP contribution in [0.3, 0.4) is 0 Å². The van der Waals surface area contributed by atoms with E-state index in [0.717, 1.165) is 0 Å². The van der Waals surface area contributed by atoms with Gasteiger partial charge in [-0.3, -0.25) is 10.1 Å². The molecule has 0 aliphatic carbocycles. The number of benzene rings is 1. The van der Waals surface area contributed by atoms with Gasteiger partial charge in [-0.1, -0.05) is 12.1 Å². The van der Waals surface area contributed by atoms with Crippen LogP contribution in [-0.2, 0) is 10.0 Å². The monoisotopic (exact) mass is 273 g/mol. The lowest BCUT2D eigenvalue weighted by atomic mass is 10.2. The van der Waals surface area contributed by atoms with Crippen LogP contribution in [-0.4, -0.2) is 26.4 Å². The molecule has 0 heterocycles. The standard InChI is InChI=1S/C10H15N3O4S/c1-8-4-2-5-9(13(14)15)10(8)18(16,17)12-7-3-6-11/h2,4-5,12H,3,6-7,11H2,1H3. The Bertz CT molecular complexity index is 542. The minimum Gasteiger partial charge on any atom is -0.330 e. The van der Waals surface area contributed by atoms with Crippen LogP contribution in [0, 0.1) is 17.0 Å². The van der Waals surface area contributed by atoms with Crippen LogP contribution < -0.4 is 10.5 Å². The molecule has 1 aromatic carbocycles. The SMILES string of the molecule is Cc1cccc([N+](=O)[O-])c1S(=O)(=O)NCCCN. The zero-order valence-corrected chi connectivity index (χ0v) is 10.7. The van der Waals surface area contributed by atoms with Crippen molar-refractivity contribution in [3.05, 3.63) is 33.9 Å². The predicted octanol–water partition coefficient (Wildman–Crippen LogP) is 0.530. The minimum absolute atomic E-state index is 0.157. The second-order valence-corrected chi connectivity index (χ2v) is 5.42. The molecule has 0 amide bonds. The van der Waals surface area contributed by atoms with Crippen LogP contribution >= 0.6 is 0 Å².